The van der Waals surface area contributed by atoms with Gasteiger partial charge in [-0.15, -0.1) is 0 Å². The van der Waals surface area contributed by atoms with E-state index in [0.717, 1.165) is 11.1 Å². The zero-order valence-corrected chi connectivity index (χ0v) is 18.8. The lowest BCUT2D eigenvalue weighted by Gasteiger charge is -2.20. The van der Waals surface area contributed by atoms with Crippen molar-refractivity contribution in [1.29, 1.82) is 0 Å². The number of carboxylic acids is 1. The minimum Gasteiger partial charge on any atom is -0.481 e. The van der Waals surface area contributed by atoms with Crippen LogP contribution < -0.4 is 10.6 Å². The number of benzene rings is 2. The molecule has 0 radical (unpaired) electrons. The van der Waals surface area contributed by atoms with Crippen LogP contribution in [0.4, 0.5) is 4.79 Å². The number of carboxylic acid groups (broad SMARTS) is 1. The van der Waals surface area contributed by atoms with E-state index in [1.165, 1.54) is 11.1 Å². The Hall–Kier alpha value is -3.35. The SMILES string of the molecule is CCC(CNC(=O)OCC1c2ccccc2-c2ccccc21)C(=O)NC1CCC(C(=O)O)C1. The van der Waals surface area contributed by atoms with Crippen molar-refractivity contribution < 1.29 is 24.2 Å². The maximum absolute atomic E-state index is 12.6. The maximum atomic E-state index is 12.6. The second-order valence-corrected chi connectivity index (χ2v) is 8.87. The quantitative estimate of drug-likeness (QED) is 0.565. The molecule has 3 N–H and O–H groups in total. The van der Waals surface area contributed by atoms with Crippen LogP contribution in [0.1, 0.15) is 49.7 Å². The van der Waals surface area contributed by atoms with E-state index >= 15 is 0 Å². The van der Waals surface area contributed by atoms with Gasteiger partial charge in [0.25, 0.3) is 0 Å². The molecule has 2 amide bonds. The highest BCUT2D eigenvalue weighted by Crippen LogP contribution is 2.44. The lowest BCUT2D eigenvalue weighted by molar-refractivity contribution is -0.141. The molecule has 0 heterocycles. The van der Waals surface area contributed by atoms with E-state index < -0.39 is 23.9 Å². The summed E-state index contributed by atoms with van der Waals surface area (Å²) in [5, 5.41) is 14.8. The Labute approximate surface area is 193 Å². The maximum Gasteiger partial charge on any atom is 0.407 e. The third-order valence-corrected chi connectivity index (χ3v) is 6.83. The number of hydrogen-bond acceptors (Lipinski definition) is 4. The second-order valence-electron chi connectivity index (χ2n) is 8.87. The van der Waals surface area contributed by atoms with Gasteiger partial charge in [-0.3, -0.25) is 9.59 Å². The van der Waals surface area contributed by atoms with Gasteiger partial charge in [0.2, 0.25) is 5.91 Å². The van der Waals surface area contributed by atoms with Gasteiger partial charge in [-0.2, -0.15) is 0 Å². The Bertz CT molecular complexity index is 991. The molecule has 2 aliphatic carbocycles. The summed E-state index contributed by atoms with van der Waals surface area (Å²) in [6, 6.07) is 16.2. The van der Waals surface area contributed by atoms with Crippen LogP contribution in [0.5, 0.6) is 0 Å². The molecular weight excluding hydrogens is 420 g/mol. The fourth-order valence-corrected chi connectivity index (χ4v) is 4.93. The van der Waals surface area contributed by atoms with Crippen molar-refractivity contribution in [1.82, 2.24) is 10.6 Å². The summed E-state index contributed by atoms with van der Waals surface area (Å²) in [4.78, 5) is 36.1. The summed E-state index contributed by atoms with van der Waals surface area (Å²) in [6.45, 7) is 2.29. The van der Waals surface area contributed by atoms with Crippen molar-refractivity contribution in [3.63, 3.8) is 0 Å². The van der Waals surface area contributed by atoms with Crippen molar-refractivity contribution in [2.75, 3.05) is 13.2 Å². The first-order valence-corrected chi connectivity index (χ1v) is 11.6. The van der Waals surface area contributed by atoms with Crippen LogP contribution in [0, 0.1) is 11.8 Å². The van der Waals surface area contributed by atoms with Crippen LogP contribution in [0.2, 0.25) is 0 Å². The molecule has 3 unspecified atom stereocenters. The molecule has 2 aliphatic rings. The van der Waals surface area contributed by atoms with Crippen molar-refractivity contribution in [2.24, 2.45) is 11.8 Å². The predicted molar refractivity (Wildman–Crippen MR) is 124 cm³/mol. The number of carbonyl (C=O) groups is 3. The number of amides is 2. The Morgan fingerprint density at radius 3 is 2.24 bits per heavy atom. The predicted octanol–water partition coefficient (Wildman–Crippen LogP) is 3.92. The first-order chi connectivity index (χ1) is 16.0. The van der Waals surface area contributed by atoms with Gasteiger partial charge in [-0.25, -0.2) is 4.79 Å². The first kappa shape index (κ1) is 22.8. The normalized spacial score (nSPS) is 19.9. The van der Waals surface area contributed by atoms with Crippen molar-refractivity contribution in [2.45, 2.75) is 44.6 Å². The van der Waals surface area contributed by atoms with Gasteiger partial charge in [0, 0.05) is 18.5 Å². The fourth-order valence-electron chi connectivity index (χ4n) is 4.93. The third kappa shape index (κ3) is 5.02. The highest BCUT2D eigenvalue weighted by molar-refractivity contribution is 5.81. The lowest BCUT2D eigenvalue weighted by atomic mass is 9.98. The smallest absolute Gasteiger partial charge is 0.407 e. The molecule has 7 nitrogen and oxygen atoms in total. The molecule has 0 spiro atoms. The summed E-state index contributed by atoms with van der Waals surface area (Å²) in [5.74, 6) is -1.77. The van der Waals surface area contributed by atoms with E-state index in [2.05, 4.69) is 34.9 Å². The fraction of sp³-hybridized carbons (Fsp3) is 0.423. The summed E-state index contributed by atoms with van der Waals surface area (Å²) in [5.41, 5.74) is 4.63. The zero-order valence-electron chi connectivity index (χ0n) is 18.8. The third-order valence-electron chi connectivity index (χ3n) is 6.83. The standard InChI is InChI=1S/C26H30N2O5/c1-2-16(24(29)28-18-12-11-17(13-18)25(30)31)14-27-26(32)33-15-23-21-9-5-3-7-19(21)20-8-4-6-10-22(20)23/h3-10,16-18,23H,2,11-15H2,1H3,(H,27,32)(H,28,29)(H,30,31). The van der Waals surface area contributed by atoms with E-state index in [9.17, 15) is 14.4 Å². The average Bonchev–Trinajstić information content (AvgIpc) is 3.41. The molecule has 3 atom stereocenters. The number of nitrogens with one attached hydrogen (secondary N) is 2. The van der Waals surface area contributed by atoms with E-state index in [-0.39, 0.29) is 31.0 Å². The van der Waals surface area contributed by atoms with E-state index in [1.807, 2.05) is 31.2 Å². The Balaban J connectivity index is 1.28. The largest absolute Gasteiger partial charge is 0.481 e. The van der Waals surface area contributed by atoms with Crippen LogP contribution in [0.3, 0.4) is 0 Å². The summed E-state index contributed by atoms with van der Waals surface area (Å²) in [7, 11) is 0. The van der Waals surface area contributed by atoms with Gasteiger partial charge in [-0.05, 0) is 47.9 Å². The van der Waals surface area contributed by atoms with E-state index in [4.69, 9.17) is 9.84 Å². The molecule has 2 aromatic rings. The average molecular weight is 451 g/mol. The first-order valence-electron chi connectivity index (χ1n) is 11.6. The molecule has 0 bridgehead atoms. The lowest BCUT2D eigenvalue weighted by Crippen LogP contribution is -2.42. The van der Waals surface area contributed by atoms with Crippen LogP contribution in [0.15, 0.2) is 48.5 Å². The van der Waals surface area contributed by atoms with Gasteiger partial charge < -0.3 is 20.5 Å². The monoisotopic (exact) mass is 450 g/mol. The number of ether oxygens (including phenoxy) is 1. The molecule has 1 fully saturated rings. The Morgan fingerprint density at radius 1 is 1.03 bits per heavy atom. The molecule has 0 aromatic heterocycles. The summed E-state index contributed by atoms with van der Waals surface area (Å²) < 4.78 is 5.54. The van der Waals surface area contributed by atoms with Crippen molar-refractivity contribution in [3.05, 3.63) is 59.7 Å². The number of alkyl carbamates (subject to hydrolysis) is 1. The van der Waals surface area contributed by atoms with Gasteiger partial charge >= 0.3 is 12.1 Å². The molecule has 0 aliphatic heterocycles. The molecule has 4 rings (SSSR count). The summed E-state index contributed by atoms with van der Waals surface area (Å²) in [6.07, 6.45) is 1.71. The van der Waals surface area contributed by atoms with Crippen LogP contribution in [0.25, 0.3) is 11.1 Å². The van der Waals surface area contributed by atoms with Gasteiger partial charge in [-0.1, -0.05) is 55.5 Å². The molecule has 2 aromatic carbocycles. The topological polar surface area (TPSA) is 105 Å². The number of aliphatic carboxylic acids is 1. The van der Waals surface area contributed by atoms with Crippen LogP contribution >= 0.6 is 0 Å². The highest BCUT2D eigenvalue weighted by Gasteiger charge is 2.32. The minimum atomic E-state index is -0.810. The number of hydrogen-bond donors (Lipinski definition) is 3. The molecule has 1 saturated carbocycles. The molecule has 0 saturated heterocycles. The van der Waals surface area contributed by atoms with E-state index in [1.54, 1.807) is 0 Å². The number of fused-ring (bicyclic) bond motifs is 3. The minimum absolute atomic E-state index is 0.0158. The zero-order chi connectivity index (χ0) is 23.4. The second kappa shape index (κ2) is 10.1. The van der Waals surface area contributed by atoms with Crippen molar-refractivity contribution in [3.8, 4) is 11.1 Å². The van der Waals surface area contributed by atoms with Gasteiger partial charge in [0.15, 0.2) is 0 Å². The highest BCUT2D eigenvalue weighted by atomic mass is 16.5. The molecule has 33 heavy (non-hydrogen) atoms. The molecule has 7 heteroatoms. The van der Waals surface area contributed by atoms with Gasteiger partial charge in [0.1, 0.15) is 6.61 Å². The van der Waals surface area contributed by atoms with Crippen molar-refractivity contribution >= 4 is 18.0 Å². The Morgan fingerprint density at radius 2 is 1.67 bits per heavy atom. The van der Waals surface area contributed by atoms with Crippen LogP contribution in [-0.4, -0.2) is 42.3 Å². The summed E-state index contributed by atoms with van der Waals surface area (Å²) >= 11 is 0. The number of rotatable bonds is 8. The Kier molecular flexibility index (Phi) is 6.96. The van der Waals surface area contributed by atoms with E-state index in [0.29, 0.717) is 25.7 Å². The van der Waals surface area contributed by atoms with Crippen LogP contribution in [-0.2, 0) is 14.3 Å². The number of carbonyl (C=O) groups excluding carboxylic acids is 2. The molecule has 174 valence electrons. The molecular formula is C26H30N2O5. The van der Waals surface area contributed by atoms with Gasteiger partial charge in [0.05, 0.1) is 11.8 Å².